The van der Waals surface area contributed by atoms with E-state index in [9.17, 15) is 9.59 Å². The van der Waals surface area contributed by atoms with Gasteiger partial charge in [0.15, 0.2) is 0 Å². The number of benzene rings is 2. The van der Waals surface area contributed by atoms with Gasteiger partial charge in [0.05, 0.1) is 7.11 Å². The van der Waals surface area contributed by atoms with E-state index < -0.39 is 0 Å². The Hall–Kier alpha value is -4.20. The van der Waals surface area contributed by atoms with Crippen LogP contribution < -0.4 is 15.4 Å². The Labute approximate surface area is 205 Å². The largest absolute Gasteiger partial charge is 0.496 e. The second-order valence-electron chi connectivity index (χ2n) is 8.48. The third-order valence-corrected chi connectivity index (χ3v) is 6.03. The number of hydrogen-bond acceptors (Lipinski definition) is 6. The lowest BCUT2D eigenvalue weighted by atomic mass is 9.94. The molecule has 0 fully saturated rings. The number of aromatic nitrogens is 2. The smallest absolute Gasteiger partial charge is 0.247 e. The molecule has 2 N–H and O–H groups in total. The highest BCUT2D eigenvalue weighted by molar-refractivity contribution is 5.99. The Bertz CT molecular complexity index is 1290. The Morgan fingerprint density at radius 2 is 2.03 bits per heavy atom. The van der Waals surface area contributed by atoms with Crippen molar-refractivity contribution in [2.75, 3.05) is 24.3 Å². The Balaban J connectivity index is 1.56. The van der Waals surface area contributed by atoms with Gasteiger partial charge in [0.1, 0.15) is 17.4 Å². The monoisotopic (exact) mass is 471 g/mol. The van der Waals surface area contributed by atoms with E-state index in [2.05, 4.69) is 28.3 Å². The number of amides is 2. The summed E-state index contributed by atoms with van der Waals surface area (Å²) in [5.41, 5.74) is 5.62. The van der Waals surface area contributed by atoms with Crippen LogP contribution in [0.4, 0.5) is 17.2 Å². The van der Waals surface area contributed by atoms with Crippen LogP contribution >= 0.6 is 0 Å². The summed E-state index contributed by atoms with van der Waals surface area (Å²) in [6, 6.07) is 11.5. The third kappa shape index (κ3) is 5.48. The van der Waals surface area contributed by atoms with Gasteiger partial charge in [0.2, 0.25) is 11.8 Å². The van der Waals surface area contributed by atoms with Crippen LogP contribution in [0.5, 0.6) is 5.75 Å². The highest BCUT2D eigenvalue weighted by Crippen LogP contribution is 2.33. The van der Waals surface area contributed by atoms with E-state index >= 15 is 0 Å². The molecule has 4 rings (SSSR count). The fraction of sp³-hybridized carbons (Fsp3) is 0.259. The number of nitrogens with one attached hydrogen (secondary N) is 2. The maximum Gasteiger partial charge on any atom is 0.247 e. The first-order valence-electron chi connectivity index (χ1n) is 11.4. The summed E-state index contributed by atoms with van der Waals surface area (Å²) in [4.78, 5) is 34.5. The molecule has 2 aromatic carbocycles. The van der Waals surface area contributed by atoms with Crippen LogP contribution in [0.15, 0.2) is 55.3 Å². The zero-order valence-corrected chi connectivity index (χ0v) is 20.2. The third-order valence-electron chi connectivity index (χ3n) is 6.03. The van der Waals surface area contributed by atoms with E-state index in [1.54, 1.807) is 20.2 Å². The molecule has 8 heteroatoms. The zero-order chi connectivity index (χ0) is 24.9. The maximum atomic E-state index is 11.8. The standard InChI is InChI=1S/C27H29N5O3/c1-5-25(34)29-21-7-6-8-22(14-21)30-27-17(2)15-28-24(31-27)13-19-9-10-20-16-32(18(3)33)12-11-23(20)26(19)35-4/h5-10,14-15H,1,11-13,16H2,2-4H3,(H,29,34)(H,28,30,31). The highest BCUT2D eigenvalue weighted by atomic mass is 16.5. The first-order valence-corrected chi connectivity index (χ1v) is 11.4. The minimum Gasteiger partial charge on any atom is -0.496 e. The summed E-state index contributed by atoms with van der Waals surface area (Å²) in [6.07, 6.45) is 4.29. The number of hydrogen-bond donors (Lipinski definition) is 2. The van der Waals surface area contributed by atoms with Crippen LogP contribution in [0.3, 0.4) is 0 Å². The van der Waals surface area contributed by atoms with Crippen LogP contribution in [-0.2, 0) is 29.0 Å². The van der Waals surface area contributed by atoms with E-state index in [1.165, 1.54) is 6.08 Å². The molecular formula is C27H29N5O3. The van der Waals surface area contributed by atoms with Crippen LogP contribution in [0.1, 0.15) is 35.0 Å². The molecule has 2 heterocycles. The van der Waals surface area contributed by atoms with Crippen molar-refractivity contribution < 1.29 is 14.3 Å². The average Bonchev–Trinajstić information content (AvgIpc) is 2.85. The molecule has 0 atom stereocenters. The number of methoxy groups -OCH3 is 1. The van der Waals surface area contributed by atoms with Crippen molar-refractivity contribution in [2.45, 2.75) is 33.2 Å². The molecule has 0 saturated heterocycles. The van der Waals surface area contributed by atoms with Gasteiger partial charge < -0.3 is 20.3 Å². The van der Waals surface area contributed by atoms with Gasteiger partial charge in [-0.2, -0.15) is 0 Å². The van der Waals surface area contributed by atoms with E-state index in [0.29, 0.717) is 36.8 Å². The summed E-state index contributed by atoms with van der Waals surface area (Å²) >= 11 is 0. The van der Waals surface area contributed by atoms with Crippen molar-refractivity contribution in [2.24, 2.45) is 0 Å². The molecule has 0 bridgehead atoms. The molecule has 0 aliphatic carbocycles. The fourth-order valence-corrected chi connectivity index (χ4v) is 4.20. The number of aryl methyl sites for hydroxylation is 1. The fourth-order valence-electron chi connectivity index (χ4n) is 4.20. The molecule has 0 unspecified atom stereocenters. The second-order valence-corrected chi connectivity index (χ2v) is 8.48. The topological polar surface area (TPSA) is 96.5 Å². The lowest BCUT2D eigenvalue weighted by Gasteiger charge is -2.29. The SMILES string of the molecule is C=CC(=O)Nc1cccc(Nc2nc(Cc3ccc4c(c3OC)CCN(C(C)=O)C4)ncc2C)c1. The van der Waals surface area contributed by atoms with Gasteiger partial charge in [-0.05, 0) is 43.2 Å². The number of carbonyl (C=O) groups excluding carboxylic acids is 2. The van der Waals surface area contributed by atoms with Crippen molar-refractivity contribution in [3.8, 4) is 5.75 Å². The van der Waals surface area contributed by atoms with Crippen LogP contribution in [-0.4, -0.2) is 40.3 Å². The number of rotatable bonds is 7. The first kappa shape index (κ1) is 23.9. The molecule has 0 radical (unpaired) electrons. The predicted octanol–water partition coefficient (Wildman–Crippen LogP) is 4.16. The van der Waals surface area contributed by atoms with E-state index in [1.807, 2.05) is 42.2 Å². The molecule has 1 aromatic heterocycles. The van der Waals surface area contributed by atoms with Crippen LogP contribution in [0, 0.1) is 6.92 Å². The summed E-state index contributed by atoms with van der Waals surface area (Å²) in [6.45, 7) is 8.31. The molecule has 1 aliphatic heterocycles. The molecular weight excluding hydrogens is 442 g/mol. The first-order chi connectivity index (χ1) is 16.9. The van der Waals surface area contributed by atoms with Crippen molar-refractivity contribution >= 4 is 29.0 Å². The lowest BCUT2D eigenvalue weighted by molar-refractivity contribution is -0.129. The number of ether oxygens (including phenoxy) is 1. The van der Waals surface area contributed by atoms with Gasteiger partial charge in [0, 0.05) is 60.7 Å². The quantitative estimate of drug-likeness (QED) is 0.503. The van der Waals surface area contributed by atoms with Crippen molar-refractivity contribution in [3.63, 3.8) is 0 Å². The number of nitrogens with zero attached hydrogens (tertiary/aromatic N) is 3. The summed E-state index contributed by atoms with van der Waals surface area (Å²) < 4.78 is 5.80. The Morgan fingerprint density at radius 3 is 2.77 bits per heavy atom. The lowest BCUT2D eigenvalue weighted by Crippen LogP contribution is -2.34. The van der Waals surface area contributed by atoms with Gasteiger partial charge in [-0.1, -0.05) is 24.8 Å². The molecule has 1 aliphatic rings. The summed E-state index contributed by atoms with van der Waals surface area (Å²) in [5.74, 6) is 2.01. The van der Waals surface area contributed by atoms with Gasteiger partial charge in [-0.15, -0.1) is 0 Å². The van der Waals surface area contributed by atoms with E-state index in [-0.39, 0.29) is 11.8 Å². The Morgan fingerprint density at radius 1 is 1.23 bits per heavy atom. The van der Waals surface area contributed by atoms with Crippen molar-refractivity contribution in [1.82, 2.24) is 14.9 Å². The molecule has 8 nitrogen and oxygen atoms in total. The number of carbonyl (C=O) groups is 2. The van der Waals surface area contributed by atoms with Gasteiger partial charge in [-0.3, -0.25) is 9.59 Å². The maximum absolute atomic E-state index is 11.8. The van der Waals surface area contributed by atoms with Gasteiger partial charge >= 0.3 is 0 Å². The Kier molecular flexibility index (Phi) is 7.10. The zero-order valence-electron chi connectivity index (χ0n) is 20.2. The van der Waals surface area contributed by atoms with Crippen molar-refractivity contribution in [3.05, 3.63) is 83.3 Å². The second kappa shape index (κ2) is 10.4. The molecule has 180 valence electrons. The molecule has 0 saturated carbocycles. The predicted molar refractivity (Wildman–Crippen MR) is 136 cm³/mol. The minimum atomic E-state index is -0.268. The number of anilines is 3. The molecule has 2 amide bonds. The molecule has 35 heavy (non-hydrogen) atoms. The highest BCUT2D eigenvalue weighted by Gasteiger charge is 2.23. The van der Waals surface area contributed by atoms with Crippen LogP contribution in [0.2, 0.25) is 0 Å². The molecule has 3 aromatic rings. The van der Waals surface area contributed by atoms with E-state index in [0.717, 1.165) is 40.1 Å². The normalized spacial score (nSPS) is 12.5. The van der Waals surface area contributed by atoms with Crippen LogP contribution in [0.25, 0.3) is 0 Å². The number of fused-ring (bicyclic) bond motifs is 1. The minimum absolute atomic E-state index is 0.0837. The van der Waals surface area contributed by atoms with Gasteiger partial charge in [0.25, 0.3) is 0 Å². The van der Waals surface area contributed by atoms with Crippen molar-refractivity contribution in [1.29, 1.82) is 0 Å². The van der Waals surface area contributed by atoms with Gasteiger partial charge in [-0.25, -0.2) is 9.97 Å². The van der Waals surface area contributed by atoms with E-state index in [4.69, 9.17) is 9.72 Å². The molecule has 0 spiro atoms. The summed E-state index contributed by atoms with van der Waals surface area (Å²) in [5, 5.41) is 6.08. The average molecular weight is 472 g/mol. The summed E-state index contributed by atoms with van der Waals surface area (Å²) in [7, 11) is 1.68.